The van der Waals surface area contributed by atoms with Gasteiger partial charge in [-0.3, -0.25) is 4.98 Å². The van der Waals surface area contributed by atoms with E-state index in [0.717, 1.165) is 5.69 Å². The largest absolute Gasteiger partial charge is 0.257 e. The van der Waals surface area contributed by atoms with Gasteiger partial charge in [0, 0.05) is 6.20 Å². The topological polar surface area (TPSA) is 12.9 Å². The molecule has 28 heavy (non-hydrogen) atoms. The van der Waals surface area contributed by atoms with Crippen LogP contribution in [0.2, 0.25) is 0 Å². The number of hydrogen-bond donors (Lipinski definition) is 0. The molecule has 0 aliphatic carbocycles. The van der Waals surface area contributed by atoms with Gasteiger partial charge in [-0.2, -0.15) is 0 Å². The minimum absolute atomic E-state index is 0.131. The SMILES string of the molecule is Cc1cccnc1/C=C(\B(c1ccccc1)c1ccccc1)c1ccccc1. The third-order valence-corrected chi connectivity index (χ3v) is 5.03. The van der Waals surface area contributed by atoms with Gasteiger partial charge in [0.15, 0.2) is 0 Å². The fraction of sp³-hybridized carbons (Fsp3) is 0.0385. The Kier molecular flexibility index (Phi) is 5.49. The van der Waals surface area contributed by atoms with Crippen molar-refractivity contribution in [1.82, 2.24) is 4.98 Å². The van der Waals surface area contributed by atoms with Crippen molar-refractivity contribution in [1.29, 1.82) is 0 Å². The van der Waals surface area contributed by atoms with Gasteiger partial charge in [-0.25, -0.2) is 0 Å². The van der Waals surface area contributed by atoms with Gasteiger partial charge in [0.2, 0.25) is 6.71 Å². The van der Waals surface area contributed by atoms with E-state index in [1.165, 1.54) is 27.5 Å². The molecule has 3 aromatic carbocycles. The lowest BCUT2D eigenvalue weighted by molar-refractivity contribution is 1.24. The Bertz CT molecular complexity index is 1020. The Balaban J connectivity index is 1.96. The van der Waals surface area contributed by atoms with E-state index in [1.807, 2.05) is 12.3 Å². The molecule has 0 saturated heterocycles. The van der Waals surface area contributed by atoms with Crippen molar-refractivity contribution in [2.75, 3.05) is 0 Å². The molecule has 1 heterocycles. The second kappa shape index (κ2) is 8.54. The molecule has 0 N–H and O–H groups in total. The van der Waals surface area contributed by atoms with Crippen molar-refractivity contribution < 1.29 is 0 Å². The fourth-order valence-electron chi connectivity index (χ4n) is 3.60. The summed E-state index contributed by atoms with van der Waals surface area (Å²) in [5.41, 5.74) is 7.20. The molecule has 0 radical (unpaired) electrons. The highest BCUT2D eigenvalue weighted by molar-refractivity contribution is 7.00. The van der Waals surface area contributed by atoms with Gasteiger partial charge < -0.3 is 0 Å². The van der Waals surface area contributed by atoms with Gasteiger partial charge in [0.05, 0.1) is 5.69 Å². The molecule has 2 heteroatoms. The maximum Gasteiger partial charge on any atom is 0.242 e. The van der Waals surface area contributed by atoms with Crippen LogP contribution in [0.15, 0.2) is 109 Å². The summed E-state index contributed by atoms with van der Waals surface area (Å²) in [6.07, 6.45) is 4.11. The third-order valence-electron chi connectivity index (χ3n) is 5.03. The Morgan fingerprint density at radius 1 is 0.679 bits per heavy atom. The Morgan fingerprint density at radius 3 is 1.75 bits per heavy atom. The number of aromatic nitrogens is 1. The van der Waals surface area contributed by atoms with Crippen LogP contribution >= 0.6 is 0 Å². The first kappa shape index (κ1) is 18.0. The average Bonchev–Trinajstić information content (AvgIpc) is 2.77. The van der Waals surface area contributed by atoms with E-state index in [2.05, 4.69) is 115 Å². The lowest BCUT2D eigenvalue weighted by Crippen LogP contribution is -2.43. The van der Waals surface area contributed by atoms with Gasteiger partial charge >= 0.3 is 0 Å². The van der Waals surface area contributed by atoms with Gasteiger partial charge in [0.1, 0.15) is 0 Å². The number of rotatable bonds is 5. The third kappa shape index (κ3) is 3.97. The standard InChI is InChI=1S/C26H22BN/c1-21-12-11-19-28-26(21)20-25(22-13-5-2-6-14-22)27(23-15-7-3-8-16-23)24-17-9-4-10-18-24/h2-20H,1H3/b25-20-. The number of nitrogens with zero attached hydrogens (tertiary/aromatic N) is 1. The van der Waals surface area contributed by atoms with E-state index >= 15 is 0 Å². The number of hydrogen-bond acceptors (Lipinski definition) is 1. The first-order valence-electron chi connectivity index (χ1n) is 9.61. The summed E-state index contributed by atoms with van der Waals surface area (Å²) in [5.74, 6) is 0. The maximum atomic E-state index is 4.64. The Labute approximate surface area is 167 Å². The van der Waals surface area contributed by atoms with Crippen LogP contribution in [0.25, 0.3) is 11.5 Å². The second-order valence-electron chi connectivity index (χ2n) is 6.93. The lowest BCUT2D eigenvalue weighted by atomic mass is 9.35. The van der Waals surface area contributed by atoms with Crippen LogP contribution in [-0.4, -0.2) is 11.7 Å². The lowest BCUT2D eigenvalue weighted by Gasteiger charge is -2.20. The van der Waals surface area contributed by atoms with Crippen LogP contribution in [0.4, 0.5) is 0 Å². The second-order valence-corrected chi connectivity index (χ2v) is 6.93. The molecule has 0 unspecified atom stereocenters. The maximum absolute atomic E-state index is 4.64. The molecule has 1 nitrogen and oxygen atoms in total. The van der Waals surface area contributed by atoms with Crippen molar-refractivity contribution in [3.63, 3.8) is 0 Å². The van der Waals surface area contributed by atoms with Crippen LogP contribution in [0.1, 0.15) is 16.8 Å². The quantitative estimate of drug-likeness (QED) is 0.468. The van der Waals surface area contributed by atoms with Crippen molar-refractivity contribution >= 4 is 29.2 Å². The molecule has 0 saturated carbocycles. The zero-order chi connectivity index (χ0) is 19.2. The van der Waals surface area contributed by atoms with E-state index in [-0.39, 0.29) is 6.71 Å². The highest BCUT2D eigenvalue weighted by atomic mass is 14.7. The molecule has 0 aliphatic rings. The Morgan fingerprint density at radius 2 is 1.21 bits per heavy atom. The number of aryl methyl sites for hydroxylation is 1. The molecule has 0 bridgehead atoms. The zero-order valence-corrected chi connectivity index (χ0v) is 16.0. The highest BCUT2D eigenvalue weighted by Gasteiger charge is 2.25. The molecule has 0 spiro atoms. The smallest absolute Gasteiger partial charge is 0.242 e. The molecular formula is C26H22BN. The fourth-order valence-corrected chi connectivity index (χ4v) is 3.60. The molecule has 0 aliphatic heterocycles. The van der Waals surface area contributed by atoms with Crippen LogP contribution in [-0.2, 0) is 0 Å². The van der Waals surface area contributed by atoms with Crippen LogP contribution < -0.4 is 10.9 Å². The first-order chi connectivity index (χ1) is 13.8. The van der Waals surface area contributed by atoms with Crippen molar-refractivity contribution in [2.24, 2.45) is 0 Å². The summed E-state index contributed by atoms with van der Waals surface area (Å²) in [4.78, 5) is 4.64. The normalized spacial score (nSPS) is 11.2. The molecule has 0 fully saturated rings. The van der Waals surface area contributed by atoms with E-state index in [9.17, 15) is 0 Å². The number of benzene rings is 3. The zero-order valence-electron chi connectivity index (χ0n) is 16.0. The summed E-state index contributed by atoms with van der Waals surface area (Å²) in [5, 5.41) is 0. The molecule has 134 valence electrons. The van der Waals surface area contributed by atoms with Crippen LogP contribution in [0.3, 0.4) is 0 Å². The summed E-state index contributed by atoms with van der Waals surface area (Å²) in [6, 6.07) is 36.1. The van der Waals surface area contributed by atoms with Crippen LogP contribution in [0.5, 0.6) is 0 Å². The van der Waals surface area contributed by atoms with Gasteiger partial charge in [-0.05, 0) is 30.2 Å². The van der Waals surface area contributed by atoms with Crippen LogP contribution in [0, 0.1) is 6.92 Å². The molecular weight excluding hydrogens is 337 g/mol. The van der Waals surface area contributed by atoms with Gasteiger partial charge in [-0.15, -0.1) is 0 Å². The van der Waals surface area contributed by atoms with E-state index in [0.29, 0.717) is 0 Å². The van der Waals surface area contributed by atoms with Crippen molar-refractivity contribution in [3.05, 3.63) is 126 Å². The van der Waals surface area contributed by atoms with Gasteiger partial charge in [-0.1, -0.05) is 113 Å². The minimum Gasteiger partial charge on any atom is -0.257 e. The summed E-state index contributed by atoms with van der Waals surface area (Å²) in [6.45, 7) is 2.24. The van der Waals surface area contributed by atoms with Crippen molar-refractivity contribution in [3.8, 4) is 0 Å². The minimum atomic E-state index is 0.131. The number of pyridine rings is 1. The van der Waals surface area contributed by atoms with E-state index < -0.39 is 0 Å². The highest BCUT2D eigenvalue weighted by Crippen LogP contribution is 2.22. The predicted octanol–water partition coefficient (Wildman–Crippen LogP) is 4.78. The molecule has 4 rings (SSSR count). The summed E-state index contributed by atoms with van der Waals surface area (Å²) < 4.78 is 0. The van der Waals surface area contributed by atoms with E-state index in [4.69, 9.17) is 0 Å². The molecule has 0 atom stereocenters. The average molecular weight is 359 g/mol. The van der Waals surface area contributed by atoms with Gasteiger partial charge in [0.25, 0.3) is 0 Å². The molecule has 1 aromatic heterocycles. The first-order valence-corrected chi connectivity index (χ1v) is 9.61. The monoisotopic (exact) mass is 359 g/mol. The predicted molar refractivity (Wildman–Crippen MR) is 121 cm³/mol. The van der Waals surface area contributed by atoms with E-state index in [1.54, 1.807) is 0 Å². The van der Waals surface area contributed by atoms with Crippen molar-refractivity contribution in [2.45, 2.75) is 6.92 Å². The molecule has 4 aromatic rings. The molecule has 0 amide bonds. The Hall–Kier alpha value is -3.39. The summed E-state index contributed by atoms with van der Waals surface area (Å²) in [7, 11) is 0. The summed E-state index contributed by atoms with van der Waals surface area (Å²) >= 11 is 0.